The zero-order valence-corrected chi connectivity index (χ0v) is 13.2. The maximum atomic E-state index is 13.7. The van der Waals surface area contributed by atoms with Crippen LogP contribution in [-0.2, 0) is 13.1 Å². The molecule has 0 atom stereocenters. The lowest BCUT2D eigenvalue weighted by Gasteiger charge is -2.17. The van der Waals surface area contributed by atoms with Crippen LogP contribution in [0.1, 0.15) is 21.5 Å². The van der Waals surface area contributed by atoms with Crippen molar-refractivity contribution in [2.45, 2.75) is 13.1 Å². The Morgan fingerprint density at radius 3 is 2.48 bits per heavy atom. The first-order chi connectivity index (χ1) is 9.95. The van der Waals surface area contributed by atoms with Crippen LogP contribution in [0, 0.1) is 5.82 Å². The Hall–Kier alpha value is -1.72. The molecule has 21 heavy (non-hydrogen) atoms. The van der Waals surface area contributed by atoms with Gasteiger partial charge in [-0.15, -0.1) is 0 Å². The summed E-state index contributed by atoms with van der Waals surface area (Å²) in [5, 5.41) is 0. The first-order valence-corrected chi connectivity index (χ1v) is 7.26. The highest BCUT2D eigenvalue weighted by Crippen LogP contribution is 2.17. The van der Waals surface area contributed by atoms with E-state index >= 15 is 0 Å². The molecule has 0 radical (unpaired) electrons. The van der Waals surface area contributed by atoms with Crippen molar-refractivity contribution in [3.05, 3.63) is 69.4 Å². The van der Waals surface area contributed by atoms with Crippen LogP contribution < -0.4 is 5.73 Å². The van der Waals surface area contributed by atoms with Gasteiger partial charge in [0.15, 0.2) is 0 Å². The minimum Gasteiger partial charge on any atom is -0.366 e. The molecule has 0 unspecified atom stereocenters. The summed E-state index contributed by atoms with van der Waals surface area (Å²) in [5.41, 5.74) is 7.37. The summed E-state index contributed by atoms with van der Waals surface area (Å²) in [6.45, 7) is 1.16. The fourth-order valence-electron chi connectivity index (χ4n) is 2.10. The van der Waals surface area contributed by atoms with E-state index in [1.165, 1.54) is 6.07 Å². The van der Waals surface area contributed by atoms with E-state index in [1.807, 2.05) is 24.1 Å². The number of carbonyl (C=O) groups is 1. The summed E-state index contributed by atoms with van der Waals surface area (Å²) in [6, 6.07) is 12.0. The molecular weight excluding hydrogens is 335 g/mol. The molecule has 2 N–H and O–H groups in total. The largest absolute Gasteiger partial charge is 0.366 e. The number of benzene rings is 2. The van der Waals surface area contributed by atoms with E-state index in [0.29, 0.717) is 24.2 Å². The van der Waals surface area contributed by atoms with Crippen molar-refractivity contribution in [2.75, 3.05) is 7.05 Å². The molecule has 0 heterocycles. The van der Waals surface area contributed by atoms with Crippen molar-refractivity contribution in [2.24, 2.45) is 5.73 Å². The summed E-state index contributed by atoms with van der Waals surface area (Å²) in [6.07, 6.45) is 0. The van der Waals surface area contributed by atoms with Crippen LogP contribution in [0.3, 0.4) is 0 Å². The van der Waals surface area contributed by atoms with Crippen molar-refractivity contribution in [1.29, 1.82) is 0 Å². The summed E-state index contributed by atoms with van der Waals surface area (Å²) in [4.78, 5) is 13.0. The summed E-state index contributed by atoms with van der Waals surface area (Å²) < 4.78 is 14.6. The number of primary amides is 1. The summed E-state index contributed by atoms with van der Waals surface area (Å²) >= 11 is 3.35. The van der Waals surface area contributed by atoms with E-state index in [-0.39, 0.29) is 5.82 Å². The van der Waals surface area contributed by atoms with Crippen molar-refractivity contribution in [3.63, 3.8) is 0 Å². The van der Waals surface area contributed by atoms with E-state index in [9.17, 15) is 9.18 Å². The Labute approximate surface area is 131 Å². The lowest BCUT2D eigenvalue weighted by atomic mass is 10.1. The number of carbonyl (C=O) groups excluding carboxylic acids is 1. The summed E-state index contributed by atoms with van der Waals surface area (Å²) in [5.74, 6) is -0.653. The third-order valence-corrected chi connectivity index (χ3v) is 3.63. The zero-order chi connectivity index (χ0) is 15.4. The Morgan fingerprint density at radius 2 is 1.86 bits per heavy atom. The van der Waals surface area contributed by atoms with Gasteiger partial charge < -0.3 is 5.73 Å². The maximum Gasteiger partial charge on any atom is 0.248 e. The van der Waals surface area contributed by atoms with Crippen LogP contribution in [0.4, 0.5) is 4.39 Å². The van der Waals surface area contributed by atoms with Gasteiger partial charge in [0, 0.05) is 28.7 Å². The van der Waals surface area contributed by atoms with Gasteiger partial charge in [-0.2, -0.15) is 0 Å². The quantitative estimate of drug-likeness (QED) is 0.898. The van der Waals surface area contributed by atoms with Gasteiger partial charge in [-0.05, 0) is 42.9 Å². The Kier molecular flexibility index (Phi) is 5.09. The van der Waals surface area contributed by atoms with Gasteiger partial charge in [-0.25, -0.2) is 4.39 Å². The van der Waals surface area contributed by atoms with Crippen molar-refractivity contribution < 1.29 is 9.18 Å². The van der Waals surface area contributed by atoms with Crippen LogP contribution in [0.5, 0.6) is 0 Å². The molecule has 5 heteroatoms. The lowest BCUT2D eigenvalue weighted by molar-refractivity contribution is 0.100. The summed E-state index contributed by atoms with van der Waals surface area (Å²) in [7, 11) is 1.92. The predicted octanol–water partition coefficient (Wildman–Crippen LogP) is 3.32. The molecule has 110 valence electrons. The normalized spacial score (nSPS) is 10.9. The number of nitrogens with zero attached hydrogens (tertiary/aromatic N) is 1. The van der Waals surface area contributed by atoms with Gasteiger partial charge >= 0.3 is 0 Å². The van der Waals surface area contributed by atoms with E-state index in [4.69, 9.17) is 5.73 Å². The number of amides is 1. The van der Waals surface area contributed by atoms with Gasteiger partial charge in [0.25, 0.3) is 0 Å². The second-order valence-electron chi connectivity index (χ2n) is 4.97. The number of rotatable bonds is 5. The topological polar surface area (TPSA) is 46.3 Å². The average molecular weight is 351 g/mol. The molecule has 0 aliphatic carbocycles. The first-order valence-electron chi connectivity index (χ1n) is 6.47. The molecule has 0 aromatic heterocycles. The second kappa shape index (κ2) is 6.83. The predicted molar refractivity (Wildman–Crippen MR) is 84.2 cm³/mol. The molecule has 2 aromatic carbocycles. The molecule has 1 amide bonds. The van der Waals surface area contributed by atoms with Crippen LogP contribution in [0.15, 0.2) is 46.9 Å². The number of hydrogen-bond donors (Lipinski definition) is 1. The van der Waals surface area contributed by atoms with Crippen LogP contribution in [-0.4, -0.2) is 17.9 Å². The average Bonchev–Trinajstić information content (AvgIpc) is 2.43. The van der Waals surface area contributed by atoms with Gasteiger partial charge in [-0.3, -0.25) is 9.69 Å². The zero-order valence-electron chi connectivity index (χ0n) is 11.6. The fraction of sp³-hybridized carbons (Fsp3) is 0.188. The number of hydrogen-bond acceptors (Lipinski definition) is 2. The minimum atomic E-state index is -0.439. The van der Waals surface area contributed by atoms with Crippen molar-refractivity contribution in [3.8, 4) is 0 Å². The van der Waals surface area contributed by atoms with Crippen LogP contribution in [0.25, 0.3) is 0 Å². The van der Waals surface area contributed by atoms with E-state index in [1.54, 1.807) is 24.3 Å². The van der Waals surface area contributed by atoms with E-state index in [0.717, 1.165) is 10.0 Å². The molecule has 3 nitrogen and oxygen atoms in total. The van der Waals surface area contributed by atoms with Gasteiger partial charge in [0.2, 0.25) is 5.91 Å². The lowest BCUT2D eigenvalue weighted by Crippen LogP contribution is -2.18. The van der Waals surface area contributed by atoms with Gasteiger partial charge in [0.05, 0.1) is 0 Å². The third-order valence-electron chi connectivity index (χ3n) is 3.14. The highest BCUT2D eigenvalue weighted by Gasteiger charge is 2.08. The van der Waals surface area contributed by atoms with Gasteiger partial charge in [-0.1, -0.05) is 28.1 Å². The molecule has 0 saturated carbocycles. The standard InChI is InChI=1S/C16H16BrFN2O/c1-20(10-13-8-14(17)6-7-15(13)18)9-11-2-4-12(5-3-11)16(19)21/h2-8H,9-10H2,1H3,(H2,19,21). The number of halogens is 2. The minimum absolute atomic E-state index is 0.214. The van der Waals surface area contributed by atoms with Gasteiger partial charge in [0.1, 0.15) is 5.82 Å². The monoisotopic (exact) mass is 350 g/mol. The molecule has 0 bridgehead atoms. The smallest absolute Gasteiger partial charge is 0.248 e. The molecule has 2 rings (SSSR count). The molecule has 0 spiro atoms. The molecule has 2 aromatic rings. The van der Waals surface area contributed by atoms with E-state index in [2.05, 4.69) is 15.9 Å². The molecule has 0 saturated heterocycles. The van der Waals surface area contributed by atoms with E-state index < -0.39 is 5.91 Å². The Morgan fingerprint density at radius 1 is 1.19 bits per heavy atom. The Balaban J connectivity index is 2.02. The highest BCUT2D eigenvalue weighted by molar-refractivity contribution is 9.10. The second-order valence-corrected chi connectivity index (χ2v) is 5.88. The van der Waals surface area contributed by atoms with Crippen LogP contribution in [0.2, 0.25) is 0 Å². The van der Waals surface area contributed by atoms with Crippen LogP contribution >= 0.6 is 15.9 Å². The fourth-order valence-corrected chi connectivity index (χ4v) is 2.51. The number of nitrogens with two attached hydrogens (primary N) is 1. The third kappa shape index (κ3) is 4.37. The molecule has 0 fully saturated rings. The first kappa shape index (κ1) is 15.7. The molecule has 0 aliphatic rings. The molecular formula is C16H16BrFN2O. The SMILES string of the molecule is CN(Cc1ccc(C(N)=O)cc1)Cc1cc(Br)ccc1F. The van der Waals surface area contributed by atoms with Crippen molar-refractivity contribution >= 4 is 21.8 Å². The molecule has 0 aliphatic heterocycles. The highest BCUT2D eigenvalue weighted by atomic mass is 79.9. The maximum absolute atomic E-state index is 13.7. The Bertz CT molecular complexity index is 643. The van der Waals surface area contributed by atoms with Crippen molar-refractivity contribution in [1.82, 2.24) is 4.90 Å².